The minimum atomic E-state index is -4.44. The van der Waals surface area contributed by atoms with Crippen LogP contribution in [0.4, 0.5) is 29.3 Å². The molecular weight excluding hydrogens is 539 g/mol. The average molecular weight is 572 g/mol. The number of anilines is 2. The second-order valence-corrected chi connectivity index (χ2v) is 9.67. The van der Waals surface area contributed by atoms with Gasteiger partial charge in [-0.25, -0.2) is 4.79 Å². The van der Waals surface area contributed by atoms with Gasteiger partial charge in [0.15, 0.2) is 0 Å². The number of rotatable bonds is 8. The second kappa shape index (κ2) is 12.8. The Morgan fingerprint density at radius 3 is 2.51 bits per heavy atom. The van der Waals surface area contributed by atoms with Crippen LogP contribution >= 0.6 is 0 Å². The highest BCUT2D eigenvalue weighted by molar-refractivity contribution is 5.95. The summed E-state index contributed by atoms with van der Waals surface area (Å²) >= 11 is 0. The van der Waals surface area contributed by atoms with Gasteiger partial charge >= 0.3 is 12.3 Å². The number of hydrogen-bond acceptors (Lipinski definition) is 6. The van der Waals surface area contributed by atoms with Crippen LogP contribution in [0.5, 0.6) is 5.75 Å². The molecule has 3 aromatic rings. The van der Waals surface area contributed by atoms with Crippen molar-refractivity contribution in [1.82, 2.24) is 9.88 Å². The summed E-state index contributed by atoms with van der Waals surface area (Å²) in [6, 6.07) is 11.8. The third kappa shape index (κ3) is 7.57. The Morgan fingerprint density at radius 2 is 1.85 bits per heavy atom. The maximum Gasteiger partial charge on any atom is 0.406 e. The van der Waals surface area contributed by atoms with E-state index in [-0.39, 0.29) is 30.3 Å². The number of benzene rings is 2. The largest absolute Gasteiger partial charge is 0.495 e. The number of nitrogens with zero attached hydrogens (tertiary/aromatic N) is 1. The van der Waals surface area contributed by atoms with Crippen LogP contribution in [-0.4, -0.2) is 55.6 Å². The minimum absolute atomic E-state index is 0.0720. The summed E-state index contributed by atoms with van der Waals surface area (Å²) in [6.07, 6.45) is -2.71. The van der Waals surface area contributed by atoms with Crippen LogP contribution < -0.4 is 26.4 Å². The molecule has 1 fully saturated rings. The van der Waals surface area contributed by atoms with E-state index in [0.29, 0.717) is 46.4 Å². The normalized spacial score (nSPS) is 16.8. The van der Waals surface area contributed by atoms with Crippen molar-refractivity contribution in [1.29, 1.82) is 0 Å². The number of carbonyl (C=O) groups is 2. The van der Waals surface area contributed by atoms with Gasteiger partial charge in [-0.15, -0.1) is 0 Å². The number of methoxy groups -OCH3 is 1. The molecular formula is C29H32F3N5O4. The molecule has 1 aliphatic rings. The Morgan fingerprint density at radius 1 is 1.10 bits per heavy atom. The molecule has 1 saturated carbocycles. The van der Waals surface area contributed by atoms with Crippen LogP contribution in [0.25, 0.3) is 10.9 Å². The predicted molar refractivity (Wildman–Crippen MR) is 150 cm³/mol. The summed E-state index contributed by atoms with van der Waals surface area (Å²) in [7, 11) is 3.00. The first-order valence-corrected chi connectivity index (χ1v) is 13.1. The molecule has 0 saturated heterocycles. The number of alkyl halides is 3. The fourth-order valence-corrected chi connectivity index (χ4v) is 4.97. The summed E-state index contributed by atoms with van der Waals surface area (Å²) in [6.45, 7) is -1.05. The molecule has 0 unspecified atom stereocenters. The quantitative estimate of drug-likeness (QED) is 0.287. The van der Waals surface area contributed by atoms with E-state index in [4.69, 9.17) is 15.2 Å². The monoisotopic (exact) mass is 571 g/mol. The smallest absolute Gasteiger partial charge is 0.406 e. The highest BCUT2D eigenvalue weighted by atomic mass is 19.4. The zero-order valence-electron chi connectivity index (χ0n) is 22.7. The first-order chi connectivity index (χ1) is 19.6. The lowest BCUT2D eigenvalue weighted by Crippen LogP contribution is -2.32. The van der Waals surface area contributed by atoms with Gasteiger partial charge in [0, 0.05) is 29.7 Å². The first kappa shape index (κ1) is 29.5. The third-order valence-corrected chi connectivity index (χ3v) is 6.87. The van der Waals surface area contributed by atoms with Crippen molar-refractivity contribution in [3.8, 4) is 17.6 Å². The lowest BCUT2D eigenvalue weighted by atomic mass is 9.92. The van der Waals surface area contributed by atoms with Gasteiger partial charge in [-0.05, 0) is 68.0 Å². The molecule has 0 aliphatic heterocycles. The van der Waals surface area contributed by atoms with Gasteiger partial charge in [-0.1, -0.05) is 12.0 Å². The fourth-order valence-electron chi connectivity index (χ4n) is 4.97. The molecule has 2 aromatic carbocycles. The van der Waals surface area contributed by atoms with Gasteiger partial charge in [-0.2, -0.15) is 13.2 Å². The summed E-state index contributed by atoms with van der Waals surface area (Å²) in [5, 5.41) is 9.72. The lowest BCUT2D eigenvalue weighted by molar-refractivity contribution is -0.140. The number of fused-ring (bicyclic) bond motifs is 1. The van der Waals surface area contributed by atoms with E-state index in [1.165, 1.54) is 18.7 Å². The zero-order chi connectivity index (χ0) is 29.6. The Kier molecular flexibility index (Phi) is 9.17. The van der Waals surface area contributed by atoms with E-state index in [9.17, 15) is 22.8 Å². The summed E-state index contributed by atoms with van der Waals surface area (Å²) in [5.41, 5.74) is 7.49. The maximum atomic E-state index is 13.6. The van der Waals surface area contributed by atoms with E-state index >= 15 is 0 Å². The zero-order valence-corrected chi connectivity index (χ0v) is 22.7. The molecule has 1 heterocycles. The number of nitrogens with one attached hydrogen (secondary N) is 3. The molecule has 9 nitrogen and oxygen atoms in total. The minimum Gasteiger partial charge on any atom is -0.495 e. The fraction of sp³-hybridized carbons (Fsp3) is 0.379. The molecule has 218 valence electrons. The van der Waals surface area contributed by atoms with Crippen molar-refractivity contribution in [2.75, 3.05) is 31.3 Å². The molecule has 1 aliphatic carbocycles. The van der Waals surface area contributed by atoms with Crippen molar-refractivity contribution in [2.45, 2.75) is 50.6 Å². The van der Waals surface area contributed by atoms with Gasteiger partial charge in [0.2, 0.25) is 0 Å². The van der Waals surface area contributed by atoms with Crippen LogP contribution in [0.3, 0.4) is 0 Å². The summed E-state index contributed by atoms with van der Waals surface area (Å²) in [4.78, 5) is 22.9. The Labute approximate surface area is 235 Å². The van der Waals surface area contributed by atoms with Crippen molar-refractivity contribution >= 4 is 34.3 Å². The van der Waals surface area contributed by atoms with E-state index in [1.54, 1.807) is 36.4 Å². The van der Waals surface area contributed by atoms with Crippen LogP contribution in [0, 0.1) is 11.8 Å². The second-order valence-electron chi connectivity index (χ2n) is 9.67. The number of aromatic nitrogens is 1. The summed E-state index contributed by atoms with van der Waals surface area (Å²) < 4.78 is 52.3. The van der Waals surface area contributed by atoms with Crippen LogP contribution in [0.1, 0.15) is 41.7 Å². The number of primary amides is 1. The topological polar surface area (TPSA) is 120 Å². The average Bonchev–Trinajstić information content (AvgIpc) is 3.28. The number of carbonyl (C=O) groups excluding carboxylic acids is 2. The molecule has 0 radical (unpaired) electrons. The number of halogens is 3. The number of ether oxygens (including phenoxy) is 2. The van der Waals surface area contributed by atoms with Gasteiger partial charge in [0.25, 0.3) is 5.91 Å². The third-order valence-electron chi connectivity index (χ3n) is 6.87. The molecule has 1 aromatic heterocycles. The molecule has 5 N–H and O–H groups in total. The Balaban J connectivity index is 1.54. The van der Waals surface area contributed by atoms with Crippen molar-refractivity contribution in [3.63, 3.8) is 0 Å². The Bertz CT molecular complexity index is 1470. The van der Waals surface area contributed by atoms with Crippen LogP contribution in [0.15, 0.2) is 42.5 Å². The molecule has 4 rings (SSSR count). The molecule has 12 heteroatoms. The van der Waals surface area contributed by atoms with Crippen LogP contribution in [-0.2, 0) is 11.3 Å². The first-order valence-electron chi connectivity index (χ1n) is 13.1. The number of amides is 2. The van der Waals surface area contributed by atoms with Gasteiger partial charge < -0.3 is 35.7 Å². The standard InChI is InChI=1S/C29H32F3N5O4/c1-34-27(38)18-8-13-24(26(15-18)40-2)35-14-4-5-20-16-22-23(6-3-7-25(22)37(20)17-29(30,31)32)36-19-9-11-21(12-10-19)41-28(33)39/h3,6-8,13,15-16,19,21,35-36H,9-12,14,17H2,1-2H3,(H2,33,39)(H,34,38). The van der Waals surface area contributed by atoms with E-state index < -0.39 is 18.8 Å². The van der Waals surface area contributed by atoms with Crippen molar-refractivity contribution in [3.05, 3.63) is 53.7 Å². The van der Waals surface area contributed by atoms with Crippen molar-refractivity contribution in [2.24, 2.45) is 5.73 Å². The maximum absolute atomic E-state index is 13.6. The molecule has 0 spiro atoms. The van der Waals surface area contributed by atoms with E-state index in [2.05, 4.69) is 27.8 Å². The van der Waals surface area contributed by atoms with Gasteiger partial charge in [0.1, 0.15) is 18.4 Å². The highest BCUT2D eigenvalue weighted by Crippen LogP contribution is 2.32. The number of nitrogens with two attached hydrogens (primary N) is 1. The summed E-state index contributed by atoms with van der Waals surface area (Å²) in [5.74, 6) is 5.96. The predicted octanol–water partition coefficient (Wildman–Crippen LogP) is 4.85. The highest BCUT2D eigenvalue weighted by Gasteiger charge is 2.30. The van der Waals surface area contributed by atoms with Crippen molar-refractivity contribution < 1.29 is 32.2 Å². The molecule has 41 heavy (non-hydrogen) atoms. The SMILES string of the molecule is CNC(=O)c1ccc(NCC#Cc2cc3c(NC4CCC(OC(N)=O)CC4)cccc3n2CC(F)(F)F)c(OC)c1. The van der Waals surface area contributed by atoms with Gasteiger partial charge in [-0.3, -0.25) is 4.79 Å². The Hall–Kier alpha value is -4.53. The molecule has 2 amide bonds. The number of hydrogen-bond donors (Lipinski definition) is 4. The van der Waals surface area contributed by atoms with Crippen LogP contribution in [0.2, 0.25) is 0 Å². The molecule has 0 atom stereocenters. The lowest BCUT2D eigenvalue weighted by Gasteiger charge is -2.29. The molecule has 0 bridgehead atoms. The van der Waals surface area contributed by atoms with E-state index in [1.807, 2.05) is 6.07 Å². The van der Waals surface area contributed by atoms with E-state index in [0.717, 1.165) is 12.8 Å². The van der Waals surface area contributed by atoms with Gasteiger partial charge in [0.05, 0.1) is 30.6 Å².